The lowest BCUT2D eigenvalue weighted by molar-refractivity contribution is -0.138. The van der Waals surface area contributed by atoms with Gasteiger partial charge in [-0.3, -0.25) is 0 Å². The molecule has 0 amide bonds. The molecule has 0 aromatic heterocycles. The second-order valence-corrected chi connectivity index (χ2v) is 7.80. The number of hydrogen-bond donors (Lipinski definition) is 0. The van der Waals surface area contributed by atoms with E-state index in [1.54, 1.807) is 13.0 Å². The second kappa shape index (κ2) is 10.9. The first-order valence-corrected chi connectivity index (χ1v) is 10.8. The number of nitrogens with zero attached hydrogens (tertiary/aromatic N) is 3. The maximum atomic E-state index is 12.0. The molecule has 7 heteroatoms. The zero-order valence-electron chi connectivity index (χ0n) is 17.2. The smallest absolute Gasteiger partial charge is 0.348 e. The first kappa shape index (κ1) is 22.7. The number of esters is 1. The van der Waals surface area contributed by atoms with Crippen LogP contribution < -0.4 is 4.90 Å². The van der Waals surface area contributed by atoms with E-state index >= 15 is 0 Å². The van der Waals surface area contributed by atoms with E-state index in [0.717, 1.165) is 48.1 Å². The summed E-state index contributed by atoms with van der Waals surface area (Å²) in [6, 6.07) is 17.3. The molecule has 0 spiro atoms. The van der Waals surface area contributed by atoms with Crippen LogP contribution in [0.25, 0.3) is 5.70 Å². The SMILES string of the molecule is CCOC(=O)/C(C#N)=C/C=C(/c1ccc(Cl)cc1)N1CCN(c2cccc(Cl)c2)CC1. The van der Waals surface area contributed by atoms with E-state index < -0.39 is 5.97 Å². The highest BCUT2D eigenvalue weighted by Gasteiger charge is 2.20. The van der Waals surface area contributed by atoms with Gasteiger partial charge in [0.1, 0.15) is 11.6 Å². The fraction of sp³-hybridized carbons (Fsp3) is 0.250. The summed E-state index contributed by atoms with van der Waals surface area (Å²) in [4.78, 5) is 16.5. The first-order chi connectivity index (χ1) is 15.0. The highest BCUT2D eigenvalue weighted by molar-refractivity contribution is 6.31. The van der Waals surface area contributed by atoms with E-state index in [2.05, 4.69) is 15.9 Å². The standard InChI is InChI=1S/C24H23Cl2N3O2/c1-2-31-24(30)19(17-27)8-11-23(18-6-9-20(25)10-7-18)29-14-12-28(13-15-29)22-5-3-4-21(26)16-22/h3-11,16H,2,12-15H2,1H3/b19-8+,23-11-. The van der Waals surface area contributed by atoms with Gasteiger partial charge in [0.05, 0.1) is 6.61 Å². The molecule has 1 saturated heterocycles. The summed E-state index contributed by atoms with van der Waals surface area (Å²) in [6.07, 6.45) is 3.32. The van der Waals surface area contributed by atoms with Crippen LogP contribution >= 0.6 is 23.2 Å². The summed E-state index contributed by atoms with van der Waals surface area (Å²) >= 11 is 12.2. The lowest BCUT2D eigenvalue weighted by Crippen LogP contribution is -2.45. The molecule has 160 valence electrons. The van der Waals surface area contributed by atoms with Gasteiger partial charge in [-0.1, -0.05) is 41.4 Å². The first-order valence-electron chi connectivity index (χ1n) is 10.0. The van der Waals surface area contributed by atoms with Crippen LogP contribution in [0.1, 0.15) is 12.5 Å². The minimum atomic E-state index is -0.623. The van der Waals surface area contributed by atoms with Gasteiger partial charge in [-0.15, -0.1) is 0 Å². The number of hydrogen-bond acceptors (Lipinski definition) is 5. The monoisotopic (exact) mass is 455 g/mol. The molecule has 1 heterocycles. The van der Waals surface area contributed by atoms with Gasteiger partial charge < -0.3 is 14.5 Å². The Morgan fingerprint density at radius 3 is 2.39 bits per heavy atom. The van der Waals surface area contributed by atoms with Gasteiger partial charge in [-0.25, -0.2) is 4.79 Å². The van der Waals surface area contributed by atoms with E-state index in [9.17, 15) is 10.1 Å². The molecule has 5 nitrogen and oxygen atoms in total. The summed E-state index contributed by atoms with van der Waals surface area (Å²) in [5.41, 5.74) is 2.93. The number of carbonyl (C=O) groups excluding carboxylic acids is 1. The third-order valence-corrected chi connectivity index (χ3v) is 5.44. The van der Waals surface area contributed by atoms with Crippen LogP contribution in [0.3, 0.4) is 0 Å². The molecule has 0 bridgehead atoms. The molecular formula is C24H23Cl2N3O2. The molecule has 3 rings (SSSR count). The van der Waals surface area contributed by atoms with Crippen molar-refractivity contribution in [1.29, 1.82) is 5.26 Å². The van der Waals surface area contributed by atoms with Gasteiger partial charge in [-0.05, 0) is 55.0 Å². The number of piperazine rings is 1. The number of carbonyl (C=O) groups is 1. The van der Waals surface area contributed by atoms with E-state index in [-0.39, 0.29) is 12.2 Å². The maximum absolute atomic E-state index is 12.0. The van der Waals surface area contributed by atoms with Gasteiger partial charge in [-0.2, -0.15) is 5.26 Å². The molecule has 1 aliphatic heterocycles. The number of nitriles is 1. The Hall–Kier alpha value is -2.94. The zero-order valence-corrected chi connectivity index (χ0v) is 18.7. The Bertz CT molecular complexity index is 1020. The largest absolute Gasteiger partial charge is 0.462 e. The predicted molar refractivity (Wildman–Crippen MR) is 125 cm³/mol. The van der Waals surface area contributed by atoms with E-state index in [4.69, 9.17) is 27.9 Å². The van der Waals surface area contributed by atoms with Crippen LogP contribution in [0.15, 0.2) is 66.3 Å². The molecule has 0 radical (unpaired) electrons. The van der Waals surface area contributed by atoms with Crippen molar-refractivity contribution in [2.75, 3.05) is 37.7 Å². The average molecular weight is 456 g/mol. The van der Waals surface area contributed by atoms with Crippen molar-refractivity contribution < 1.29 is 9.53 Å². The Morgan fingerprint density at radius 1 is 1.06 bits per heavy atom. The lowest BCUT2D eigenvalue weighted by atomic mass is 10.1. The van der Waals surface area contributed by atoms with Crippen molar-refractivity contribution in [3.63, 3.8) is 0 Å². The Kier molecular flexibility index (Phi) is 8.00. The van der Waals surface area contributed by atoms with Crippen LogP contribution in [0.5, 0.6) is 0 Å². The second-order valence-electron chi connectivity index (χ2n) is 6.93. The molecule has 1 fully saturated rings. The van der Waals surface area contributed by atoms with Crippen LogP contribution in [0.4, 0.5) is 5.69 Å². The van der Waals surface area contributed by atoms with Crippen LogP contribution in [0.2, 0.25) is 10.0 Å². The molecule has 0 saturated carbocycles. The fourth-order valence-electron chi connectivity index (χ4n) is 3.41. The number of anilines is 1. The Morgan fingerprint density at radius 2 is 1.77 bits per heavy atom. The topological polar surface area (TPSA) is 56.6 Å². The van der Waals surface area contributed by atoms with Crippen molar-refractivity contribution >= 4 is 40.6 Å². The zero-order chi connectivity index (χ0) is 22.2. The van der Waals surface area contributed by atoms with Gasteiger partial charge in [0.2, 0.25) is 0 Å². The third-order valence-electron chi connectivity index (χ3n) is 4.96. The summed E-state index contributed by atoms with van der Waals surface area (Å²) in [6.45, 7) is 5.11. The van der Waals surface area contributed by atoms with Crippen molar-refractivity contribution in [2.45, 2.75) is 6.92 Å². The molecule has 0 unspecified atom stereocenters. The molecule has 0 aliphatic carbocycles. The minimum Gasteiger partial charge on any atom is -0.462 e. The van der Waals surface area contributed by atoms with Crippen molar-refractivity contribution in [2.24, 2.45) is 0 Å². The van der Waals surface area contributed by atoms with Crippen LogP contribution in [-0.4, -0.2) is 43.7 Å². The van der Waals surface area contributed by atoms with E-state index in [0.29, 0.717) is 5.02 Å². The maximum Gasteiger partial charge on any atom is 0.348 e. The van der Waals surface area contributed by atoms with Crippen LogP contribution in [-0.2, 0) is 9.53 Å². The molecule has 0 N–H and O–H groups in total. The van der Waals surface area contributed by atoms with Crippen molar-refractivity contribution in [3.8, 4) is 6.07 Å². The number of benzene rings is 2. The molecule has 31 heavy (non-hydrogen) atoms. The van der Waals surface area contributed by atoms with Gasteiger partial charge >= 0.3 is 5.97 Å². The molecule has 2 aromatic rings. The summed E-state index contributed by atoms with van der Waals surface area (Å²) in [5.74, 6) is -0.623. The number of halogens is 2. The minimum absolute atomic E-state index is 0.0362. The van der Waals surface area contributed by atoms with E-state index in [1.807, 2.05) is 48.5 Å². The third kappa shape index (κ3) is 6.04. The number of allylic oxidation sites excluding steroid dienone is 2. The molecular weight excluding hydrogens is 433 g/mol. The Labute approximate surface area is 192 Å². The molecule has 0 atom stereocenters. The Balaban J connectivity index is 1.85. The van der Waals surface area contributed by atoms with Gasteiger partial charge in [0.15, 0.2) is 0 Å². The summed E-state index contributed by atoms with van der Waals surface area (Å²) in [7, 11) is 0. The fourth-order valence-corrected chi connectivity index (χ4v) is 3.72. The number of rotatable bonds is 6. The highest BCUT2D eigenvalue weighted by atomic mass is 35.5. The van der Waals surface area contributed by atoms with Crippen LogP contribution in [0, 0.1) is 11.3 Å². The molecule has 1 aliphatic rings. The normalized spacial score (nSPS) is 14.9. The molecule has 2 aromatic carbocycles. The van der Waals surface area contributed by atoms with Gasteiger partial charge in [0.25, 0.3) is 0 Å². The number of ether oxygens (including phenoxy) is 1. The predicted octanol–water partition coefficient (Wildman–Crippen LogP) is 5.17. The average Bonchev–Trinajstić information content (AvgIpc) is 2.78. The van der Waals surface area contributed by atoms with Crippen molar-refractivity contribution in [3.05, 3.63) is 81.9 Å². The highest BCUT2D eigenvalue weighted by Crippen LogP contribution is 2.26. The van der Waals surface area contributed by atoms with Crippen molar-refractivity contribution in [1.82, 2.24) is 4.90 Å². The van der Waals surface area contributed by atoms with E-state index in [1.165, 1.54) is 6.08 Å². The van der Waals surface area contributed by atoms with Gasteiger partial charge in [0, 0.05) is 47.6 Å². The summed E-state index contributed by atoms with van der Waals surface area (Å²) < 4.78 is 4.96. The lowest BCUT2D eigenvalue weighted by Gasteiger charge is -2.38. The summed E-state index contributed by atoms with van der Waals surface area (Å²) in [5, 5.41) is 10.7. The quantitative estimate of drug-likeness (QED) is 0.260.